The van der Waals surface area contributed by atoms with E-state index in [-0.39, 0.29) is 17.9 Å². The van der Waals surface area contributed by atoms with E-state index in [0.29, 0.717) is 42.8 Å². The molecule has 2 saturated heterocycles. The third kappa shape index (κ3) is 4.27. The van der Waals surface area contributed by atoms with Crippen molar-refractivity contribution in [3.63, 3.8) is 0 Å². The largest absolute Gasteiger partial charge is 0.376 e. The van der Waals surface area contributed by atoms with Gasteiger partial charge in [-0.3, -0.25) is 14.5 Å². The van der Waals surface area contributed by atoms with Crippen LogP contribution in [0.1, 0.15) is 64.2 Å². The summed E-state index contributed by atoms with van der Waals surface area (Å²) in [6, 6.07) is 1.30. The Balaban J connectivity index is 1.27. The minimum Gasteiger partial charge on any atom is -0.376 e. The van der Waals surface area contributed by atoms with E-state index in [4.69, 9.17) is 4.74 Å². The van der Waals surface area contributed by atoms with Gasteiger partial charge in [-0.05, 0) is 50.4 Å². The molecule has 0 bridgehead atoms. The van der Waals surface area contributed by atoms with Crippen molar-refractivity contribution in [2.45, 2.75) is 88.4 Å². The Labute approximate surface area is 181 Å². The monoisotopic (exact) mass is 417 g/mol. The van der Waals surface area contributed by atoms with Crippen molar-refractivity contribution in [1.82, 2.24) is 14.7 Å². The summed E-state index contributed by atoms with van der Waals surface area (Å²) in [6.07, 6.45) is 11.1. The number of hydrogen-bond donors (Lipinski definition) is 0. The van der Waals surface area contributed by atoms with E-state index >= 15 is 0 Å². The van der Waals surface area contributed by atoms with E-state index in [1.807, 2.05) is 23.9 Å². The minimum atomic E-state index is -0.0266. The maximum absolute atomic E-state index is 12.9. The molecule has 2 amide bonds. The van der Waals surface area contributed by atoms with Crippen LogP contribution >= 0.6 is 0 Å². The summed E-state index contributed by atoms with van der Waals surface area (Å²) in [4.78, 5) is 32.3. The molecule has 0 radical (unpaired) electrons. The number of carbonyl (C=O) groups excluding carboxylic acids is 2. The number of rotatable bonds is 8. The second-order valence-corrected chi connectivity index (χ2v) is 10.8. The molecule has 6 heteroatoms. The average molecular weight is 418 g/mol. The average Bonchev–Trinajstić information content (AvgIpc) is 3.64. The molecule has 5 aliphatic rings. The summed E-state index contributed by atoms with van der Waals surface area (Å²) in [5.41, 5.74) is 0. The summed E-state index contributed by atoms with van der Waals surface area (Å²) in [6.45, 7) is 2.88. The number of nitrogens with zero attached hydrogens (tertiary/aromatic N) is 3. The Morgan fingerprint density at radius 2 is 1.50 bits per heavy atom. The van der Waals surface area contributed by atoms with E-state index in [9.17, 15) is 9.59 Å². The predicted octanol–water partition coefficient (Wildman–Crippen LogP) is 2.51. The van der Waals surface area contributed by atoms with Gasteiger partial charge in [0.25, 0.3) is 0 Å². The summed E-state index contributed by atoms with van der Waals surface area (Å²) in [7, 11) is 3.92. The first-order valence-corrected chi connectivity index (χ1v) is 12.4. The zero-order valence-corrected chi connectivity index (χ0v) is 18.8. The van der Waals surface area contributed by atoms with Crippen molar-refractivity contribution >= 4 is 11.8 Å². The highest BCUT2D eigenvalue weighted by Crippen LogP contribution is 2.43. The molecule has 168 valence electrons. The number of carbonyl (C=O) groups is 2. The first-order chi connectivity index (χ1) is 14.5. The highest BCUT2D eigenvalue weighted by molar-refractivity contribution is 5.78. The summed E-state index contributed by atoms with van der Waals surface area (Å²) < 4.78 is 6.25. The van der Waals surface area contributed by atoms with Crippen LogP contribution in [-0.2, 0) is 14.3 Å². The topological polar surface area (TPSA) is 53.1 Å². The molecule has 5 fully saturated rings. The number of likely N-dealkylation sites (tertiary alicyclic amines) is 1. The van der Waals surface area contributed by atoms with Crippen molar-refractivity contribution < 1.29 is 14.3 Å². The Kier molecular flexibility index (Phi) is 5.82. The lowest BCUT2D eigenvalue weighted by Crippen LogP contribution is -2.38. The fourth-order valence-corrected chi connectivity index (χ4v) is 6.36. The maximum atomic E-state index is 12.9. The van der Waals surface area contributed by atoms with Crippen LogP contribution in [0.2, 0.25) is 0 Å². The second kappa shape index (κ2) is 8.42. The van der Waals surface area contributed by atoms with Crippen molar-refractivity contribution in [2.24, 2.45) is 17.8 Å². The van der Waals surface area contributed by atoms with Crippen molar-refractivity contribution in [3.8, 4) is 0 Å². The Hall–Kier alpha value is -1.14. The zero-order valence-electron chi connectivity index (χ0n) is 18.8. The molecule has 2 heterocycles. The van der Waals surface area contributed by atoms with Crippen molar-refractivity contribution in [1.29, 1.82) is 0 Å². The molecule has 30 heavy (non-hydrogen) atoms. The lowest BCUT2D eigenvalue weighted by Gasteiger charge is -2.26. The van der Waals surface area contributed by atoms with Gasteiger partial charge < -0.3 is 14.5 Å². The number of fused-ring (bicyclic) bond motifs is 1. The number of ether oxygens (including phenoxy) is 1. The van der Waals surface area contributed by atoms with Gasteiger partial charge in [-0.15, -0.1) is 0 Å². The van der Waals surface area contributed by atoms with Crippen LogP contribution < -0.4 is 0 Å². The maximum Gasteiger partial charge on any atom is 0.225 e. The molecule has 3 saturated carbocycles. The number of amides is 2. The minimum absolute atomic E-state index is 0.0266. The van der Waals surface area contributed by atoms with Crippen LogP contribution in [0.4, 0.5) is 0 Å². The molecule has 2 aliphatic heterocycles. The van der Waals surface area contributed by atoms with Crippen LogP contribution in [0.5, 0.6) is 0 Å². The summed E-state index contributed by atoms with van der Waals surface area (Å²) in [5.74, 6) is 1.95. The van der Waals surface area contributed by atoms with Crippen LogP contribution in [0.3, 0.4) is 0 Å². The molecule has 6 nitrogen and oxygen atoms in total. The van der Waals surface area contributed by atoms with Gasteiger partial charge in [-0.2, -0.15) is 0 Å². The Bertz CT molecular complexity index is 656. The summed E-state index contributed by atoms with van der Waals surface area (Å²) >= 11 is 0. The molecular formula is C24H39N3O3. The van der Waals surface area contributed by atoms with E-state index < -0.39 is 0 Å². The molecule has 3 aliphatic carbocycles. The van der Waals surface area contributed by atoms with Crippen molar-refractivity contribution in [2.75, 3.05) is 33.8 Å². The van der Waals surface area contributed by atoms with E-state index in [1.165, 1.54) is 25.7 Å². The van der Waals surface area contributed by atoms with Crippen LogP contribution in [-0.4, -0.2) is 84.5 Å². The third-order valence-corrected chi connectivity index (χ3v) is 8.59. The fourth-order valence-electron chi connectivity index (χ4n) is 6.36. The Morgan fingerprint density at radius 3 is 2.10 bits per heavy atom. The molecular weight excluding hydrogens is 378 g/mol. The van der Waals surface area contributed by atoms with E-state index in [2.05, 4.69) is 4.90 Å². The fraction of sp³-hybridized carbons (Fsp3) is 0.917. The molecule has 0 aromatic heterocycles. The van der Waals surface area contributed by atoms with Gasteiger partial charge in [0.15, 0.2) is 0 Å². The zero-order chi connectivity index (χ0) is 20.8. The van der Waals surface area contributed by atoms with E-state index in [0.717, 1.165) is 51.3 Å². The third-order valence-electron chi connectivity index (χ3n) is 8.59. The van der Waals surface area contributed by atoms with Gasteiger partial charge >= 0.3 is 0 Å². The first kappa shape index (κ1) is 20.7. The molecule has 0 aromatic carbocycles. The molecule has 5 rings (SSSR count). The standard InChI is InChI=1S/C24H39N3O3/c1-25(18-7-8-18)22(28)11-17-14-27(13-16-5-3-4-6-16)20-15-30-21(24(17)20)12-23(29)26(2)19-9-10-19/h16-21,24H,3-15H2,1-2H3/t17-,20-,21+,24-/m1/s1. The van der Waals surface area contributed by atoms with Crippen LogP contribution in [0.25, 0.3) is 0 Å². The lowest BCUT2D eigenvalue weighted by atomic mass is 9.84. The lowest BCUT2D eigenvalue weighted by molar-refractivity contribution is -0.133. The Morgan fingerprint density at radius 1 is 0.900 bits per heavy atom. The van der Waals surface area contributed by atoms with Crippen LogP contribution in [0.15, 0.2) is 0 Å². The molecule has 0 spiro atoms. The van der Waals surface area contributed by atoms with Gasteiger partial charge in [0.1, 0.15) is 0 Å². The highest BCUT2D eigenvalue weighted by Gasteiger charge is 2.52. The molecule has 0 aromatic rings. The normalized spacial score (nSPS) is 34.3. The molecule has 0 unspecified atom stereocenters. The second-order valence-electron chi connectivity index (χ2n) is 10.8. The van der Waals surface area contributed by atoms with Gasteiger partial charge in [0.2, 0.25) is 11.8 Å². The first-order valence-electron chi connectivity index (χ1n) is 12.4. The molecule has 4 atom stereocenters. The van der Waals surface area contributed by atoms with Crippen molar-refractivity contribution in [3.05, 3.63) is 0 Å². The molecule has 0 N–H and O–H groups in total. The van der Waals surface area contributed by atoms with Gasteiger partial charge in [-0.25, -0.2) is 0 Å². The van der Waals surface area contributed by atoms with Crippen LogP contribution in [0, 0.1) is 17.8 Å². The predicted molar refractivity (Wildman–Crippen MR) is 115 cm³/mol. The SMILES string of the molecule is CN(C(=O)C[C@@H]1CN(CC2CCCC2)[C@@H]2CO[C@@H](CC(=O)N(C)C3CC3)[C@H]12)C1CC1. The smallest absolute Gasteiger partial charge is 0.225 e. The number of hydrogen-bond acceptors (Lipinski definition) is 4. The van der Waals surface area contributed by atoms with Gasteiger partial charge in [-0.1, -0.05) is 12.8 Å². The van der Waals surface area contributed by atoms with Gasteiger partial charge in [0, 0.05) is 57.6 Å². The quantitative estimate of drug-likeness (QED) is 0.609. The summed E-state index contributed by atoms with van der Waals surface area (Å²) in [5, 5.41) is 0. The van der Waals surface area contributed by atoms with Gasteiger partial charge in [0.05, 0.1) is 19.1 Å². The van der Waals surface area contributed by atoms with E-state index in [1.54, 1.807) is 0 Å². The highest BCUT2D eigenvalue weighted by atomic mass is 16.5.